The Kier molecular flexibility index (Phi) is 6.78. The van der Waals surface area contributed by atoms with Gasteiger partial charge in [-0.15, -0.1) is 0 Å². The molecular formula is C16H19ClN2O4. The lowest BCUT2D eigenvalue weighted by Crippen LogP contribution is -2.49. The maximum atomic E-state index is 11.5. The van der Waals surface area contributed by atoms with Crippen LogP contribution in [0.25, 0.3) is 6.08 Å². The fourth-order valence-corrected chi connectivity index (χ4v) is 1.69. The number of nitrogens with one attached hydrogen (secondary N) is 2. The van der Waals surface area contributed by atoms with Crippen LogP contribution in [0, 0.1) is 0 Å². The van der Waals surface area contributed by atoms with Crippen LogP contribution in [0.1, 0.15) is 26.3 Å². The summed E-state index contributed by atoms with van der Waals surface area (Å²) in [4.78, 5) is 34.4. The van der Waals surface area contributed by atoms with Crippen molar-refractivity contribution in [1.29, 1.82) is 0 Å². The molecule has 2 N–H and O–H groups in total. The normalized spacial score (nSPS) is 11.1. The molecule has 1 aromatic rings. The maximum absolute atomic E-state index is 11.5. The molecule has 1 rings (SSSR count). The molecule has 1 aromatic carbocycles. The molecule has 0 radical (unpaired) electrons. The van der Waals surface area contributed by atoms with Crippen molar-refractivity contribution in [2.75, 3.05) is 6.61 Å². The third-order valence-electron chi connectivity index (χ3n) is 2.35. The molecule has 124 valence electrons. The zero-order chi connectivity index (χ0) is 17.5. The van der Waals surface area contributed by atoms with Gasteiger partial charge in [0.05, 0.1) is 0 Å². The molecule has 0 aliphatic heterocycles. The van der Waals surface area contributed by atoms with Gasteiger partial charge in [-0.05, 0) is 44.5 Å². The smallest absolute Gasteiger partial charge is 0.331 e. The van der Waals surface area contributed by atoms with Crippen LogP contribution in [0.4, 0.5) is 4.79 Å². The highest BCUT2D eigenvalue weighted by Crippen LogP contribution is 2.11. The molecule has 0 heterocycles. The lowest BCUT2D eigenvalue weighted by Gasteiger charge is -2.20. The van der Waals surface area contributed by atoms with Crippen LogP contribution in [0.15, 0.2) is 30.3 Å². The Morgan fingerprint density at radius 3 is 2.57 bits per heavy atom. The zero-order valence-electron chi connectivity index (χ0n) is 13.2. The number of urea groups is 1. The number of imide groups is 1. The van der Waals surface area contributed by atoms with E-state index in [1.165, 1.54) is 12.2 Å². The van der Waals surface area contributed by atoms with E-state index in [-0.39, 0.29) is 0 Å². The Morgan fingerprint density at radius 2 is 1.96 bits per heavy atom. The second kappa shape index (κ2) is 8.33. The van der Waals surface area contributed by atoms with Crippen LogP contribution >= 0.6 is 11.6 Å². The van der Waals surface area contributed by atoms with Crippen LogP contribution in [-0.4, -0.2) is 30.1 Å². The van der Waals surface area contributed by atoms with Gasteiger partial charge in [0.1, 0.15) is 0 Å². The second-order valence-corrected chi connectivity index (χ2v) is 6.18. The van der Waals surface area contributed by atoms with Gasteiger partial charge in [0, 0.05) is 16.6 Å². The number of esters is 1. The van der Waals surface area contributed by atoms with Crippen molar-refractivity contribution in [1.82, 2.24) is 10.6 Å². The number of amides is 3. The average Bonchev–Trinajstić information content (AvgIpc) is 2.40. The molecule has 0 spiro atoms. The van der Waals surface area contributed by atoms with E-state index < -0.39 is 30.1 Å². The first-order valence-electron chi connectivity index (χ1n) is 6.88. The first-order chi connectivity index (χ1) is 10.7. The Balaban J connectivity index is 2.38. The predicted molar refractivity (Wildman–Crippen MR) is 87.9 cm³/mol. The summed E-state index contributed by atoms with van der Waals surface area (Å²) < 4.78 is 4.74. The minimum Gasteiger partial charge on any atom is -0.452 e. The molecule has 0 atom stereocenters. The van der Waals surface area contributed by atoms with Crippen molar-refractivity contribution in [2.24, 2.45) is 0 Å². The van der Waals surface area contributed by atoms with Crippen LogP contribution < -0.4 is 10.6 Å². The largest absolute Gasteiger partial charge is 0.452 e. The molecule has 0 aliphatic carbocycles. The van der Waals surface area contributed by atoms with E-state index in [0.717, 1.165) is 5.56 Å². The first kappa shape index (κ1) is 18.7. The van der Waals surface area contributed by atoms with E-state index in [9.17, 15) is 14.4 Å². The Bertz CT molecular complexity index is 621. The van der Waals surface area contributed by atoms with Gasteiger partial charge in [-0.2, -0.15) is 0 Å². The number of rotatable bonds is 4. The number of benzene rings is 1. The number of hydrogen-bond donors (Lipinski definition) is 2. The predicted octanol–water partition coefficient (Wildman–Crippen LogP) is 2.52. The summed E-state index contributed by atoms with van der Waals surface area (Å²) in [5.41, 5.74) is 0.254. The number of hydrogen-bond acceptors (Lipinski definition) is 4. The van der Waals surface area contributed by atoms with Crippen molar-refractivity contribution in [3.63, 3.8) is 0 Å². The van der Waals surface area contributed by atoms with Gasteiger partial charge in [0.25, 0.3) is 5.91 Å². The zero-order valence-corrected chi connectivity index (χ0v) is 13.9. The summed E-state index contributed by atoms with van der Waals surface area (Å²) >= 11 is 5.82. The van der Waals surface area contributed by atoms with Crippen molar-refractivity contribution in [2.45, 2.75) is 26.3 Å². The molecule has 0 unspecified atom stereocenters. The first-order valence-corrected chi connectivity index (χ1v) is 7.26. The Hall–Kier alpha value is -2.34. The van der Waals surface area contributed by atoms with E-state index in [2.05, 4.69) is 10.6 Å². The molecule has 6 nitrogen and oxygen atoms in total. The highest BCUT2D eigenvalue weighted by atomic mass is 35.5. The van der Waals surface area contributed by atoms with Crippen molar-refractivity contribution < 1.29 is 19.1 Å². The van der Waals surface area contributed by atoms with E-state index >= 15 is 0 Å². The van der Waals surface area contributed by atoms with Crippen molar-refractivity contribution >= 4 is 35.6 Å². The second-order valence-electron chi connectivity index (χ2n) is 5.75. The number of ether oxygens (including phenoxy) is 1. The van der Waals surface area contributed by atoms with Gasteiger partial charge in [0.15, 0.2) is 6.61 Å². The van der Waals surface area contributed by atoms with Gasteiger partial charge < -0.3 is 10.1 Å². The van der Waals surface area contributed by atoms with Crippen LogP contribution in [0.2, 0.25) is 5.02 Å². The van der Waals surface area contributed by atoms with Gasteiger partial charge in [-0.3, -0.25) is 10.1 Å². The standard InChI is InChI=1S/C16H19ClN2O4/c1-16(2,3)19-15(22)18-13(20)10-23-14(21)8-7-11-5-4-6-12(17)9-11/h4-9H,10H2,1-3H3,(H2,18,19,20,22). The monoisotopic (exact) mass is 338 g/mol. The summed E-state index contributed by atoms with van der Waals surface area (Å²) in [5.74, 6) is -1.41. The number of halogens is 1. The third kappa shape index (κ3) is 8.63. The molecule has 0 fully saturated rings. The van der Waals surface area contributed by atoms with Crippen LogP contribution in [0.5, 0.6) is 0 Å². The summed E-state index contributed by atoms with van der Waals surface area (Å²) in [5, 5.41) is 5.16. The topological polar surface area (TPSA) is 84.5 Å². The lowest BCUT2D eigenvalue weighted by molar-refractivity contribution is -0.143. The molecule has 3 amide bonds. The summed E-state index contributed by atoms with van der Waals surface area (Å²) in [7, 11) is 0. The minimum atomic E-state index is -0.712. The highest BCUT2D eigenvalue weighted by Gasteiger charge is 2.16. The minimum absolute atomic E-state index is 0.471. The summed E-state index contributed by atoms with van der Waals surface area (Å²) in [6, 6.07) is 6.25. The molecule has 0 saturated carbocycles. The molecule has 0 bridgehead atoms. The molecule has 0 aliphatic rings. The number of carbonyl (C=O) groups is 3. The molecular weight excluding hydrogens is 320 g/mol. The average molecular weight is 339 g/mol. The van der Waals surface area contributed by atoms with Crippen molar-refractivity contribution in [3.05, 3.63) is 40.9 Å². The molecule has 0 aromatic heterocycles. The number of carbonyl (C=O) groups excluding carboxylic acids is 3. The Labute approximate surface area is 139 Å². The fraction of sp³-hybridized carbons (Fsp3) is 0.312. The lowest BCUT2D eigenvalue weighted by atomic mass is 10.1. The van der Waals surface area contributed by atoms with Crippen LogP contribution in [0.3, 0.4) is 0 Å². The van der Waals surface area contributed by atoms with Gasteiger partial charge in [-0.1, -0.05) is 23.7 Å². The SMILES string of the molecule is CC(C)(C)NC(=O)NC(=O)COC(=O)C=Cc1cccc(Cl)c1. The van der Waals surface area contributed by atoms with Gasteiger partial charge in [-0.25, -0.2) is 9.59 Å². The quantitative estimate of drug-likeness (QED) is 0.652. The molecule has 7 heteroatoms. The van der Waals surface area contributed by atoms with E-state index in [1.54, 1.807) is 45.0 Å². The molecule has 0 saturated heterocycles. The van der Waals surface area contributed by atoms with Crippen LogP contribution in [-0.2, 0) is 14.3 Å². The van der Waals surface area contributed by atoms with Gasteiger partial charge in [0.2, 0.25) is 0 Å². The third-order valence-corrected chi connectivity index (χ3v) is 2.58. The van der Waals surface area contributed by atoms with E-state index in [0.29, 0.717) is 5.02 Å². The highest BCUT2D eigenvalue weighted by molar-refractivity contribution is 6.30. The van der Waals surface area contributed by atoms with Crippen molar-refractivity contribution in [3.8, 4) is 0 Å². The van der Waals surface area contributed by atoms with E-state index in [4.69, 9.17) is 16.3 Å². The van der Waals surface area contributed by atoms with Gasteiger partial charge >= 0.3 is 12.0 Å². The van der Waals surface area contributed by atoms with E-state index in [1.807, 2.05) is 0 Å². The summed E-state index contributed by atoms with van der Waals surface area (Å²) in [6.07, 6.45) is 2.69. The summed E-state index contributed by atoms with van der Waals surface area (Å²) in [6.45, 7) is 4.78. The Morgan fingerprint density at radius 1 is 1.26 bits per heavy atom. The maximum Gasteiger partial charge on any atom is 0.331 e. The molecule has 23 heavy (non-hydrogen) atoms. The fourth-order valence-electron chi connectivity index (χ4n) is 1.49.